The average molecular weight is 346 g/mol. The molecule has 0 aliphatic carbocycles. The van der Waals surface area contributed by atoms with Crippen LogP contribution in [0.1, 0.15) is 45.6 Å². The standard InChI is InChI=1S/C19H26N2O4/c1-12(2)13-5-7-14(8-6-13)21-10-9-15(17(21)23)16(22)20-11-19(3,4)18(24)25/h5-8,12,15H,9-11H2,1-4H3,(H,20,22)(H,24,25). The van der Waals surface area contributed by atoms with E-state index in [1.165, 1.54) is 19.4 Å². The molecule has 1 aliphatic rings. The summed E-state index contributed by atoms with van der Waals surface area (Å²) in [6.45, 7) is 7.77. The predicted octanol–water partition coefficient (Wildman–Crippen LogP) is 2.39. The fraction of sp³-hybridized carbons (Fsp3) is 0.526. The Bertz CT molecular complexity index is 665. The zero-order valence-electron chi connectivity index (χ0n) is 15.2. The number of nitrogens with zero attached hydrogens (tertiary/aromatic N) is 1. The van der Waals surface area contributed by atoms with Crippen LogP contribution in [0.4, 0.5) is 5.69 Å². The van der Waals surface area contributed by atoms with Crippen molar-refractivity contribution in [1.29, 1.82) is 0 Å². The summed E-state index contributed by atoms with van der Waals surface area (Å²) >= 11 is 0. The van der Waals surface area contributed by atoms with Crippen molar-refractivity contribution in [3.05, 3.63) is 29.8 Å². The Balaban J connectivity index is 2.01. The first kappa shape index (κ1) is 19.0. The minimum atomic E-state index is -1.07. The van der Waals surface area contributed by atoms with Gasteiger partial charge >= 0.3 is 5.97 Å². The minimum Gasteiger partial charge on any atom is -0.481 e. The molecule has 1 heterocycles. The molecular weight excluding hydrogens is 320 g/mol. The van der Waals surface area contributed by atoms with Gasteiger partial charge in [-0.2, -0.15) is 0 Å². The molecule has 1 atom stereocenters. The number of benzene rings is 1. The summed E-state index contributed by atoms with van der Waals surface area (Å²) in [4.78, 5) is 37.6. The quantitative estimate of drug-likeness (QED) is 0.774. The molecule has 1 unspecified atom stereocenters. The van der Waals surface area contributed by atoms with Gasteiger partial charge in [0.25, 0.3) is 0 Å². The van der Waals surface area contributed by atoms with Crippen LogP contribution in [0.2, 0.25) is 0 Å². The van der Waals surface area contributed by atoms with Crippen molar-refractivity contribution in [2.24, 2.45) is 11.3 Å². The van der Waals surface area contributed by atoms with Crippen LogP contribution < -0.4 is 10.2 Å². The number of aliphatic carboxylic acids is 1. The molecule has 136 valence electrons. The number of hydrogen-bond donors (Lipinski definition) is 2. The summed E-state index contributed by atoms with van der Waals surface area (Å²) in [5, 5.41) is 11.7. The SMILES string of the molecule is CC(C)c1ccc(N2CCC(C(=O)NCC(C)(C)C(=O)O)C2=O)cc1. The summed E-state index contributed by atoms with van der Waals surface area (Å²) in [6, 6.07) is 7.80. The van der Waals surface area contributed by atoms with E-state index in [4.69, 9.17) is 5.11 Å². The van der Waals surface area contributed by atoms with Crippen LogP contribution in [0.3, 0.4) is 0 Å². The van der Waals surface area contributed by atoms with Gasteiger partial charge in [-0.25, -0.2) is 0 Å². The number of rotatable bonds is 6. The lowest BCUT2D eigenvalue weighted by Crippen LogP contribution is -2.43. The van der Waals surface area contributed by atoms with Crippen LogP contribution in [0, 0.1) is 11.3 Å². The highest BCUT2D eigenvalue weighted by atomic mass is 16.4. The molecule has 0 radical (unpaired) electrons. The molecule has 0 spiro atoms. The number of anilines is 1. The van der Waals surface area contributed by atoms with Crippen molar-refractivity contribution in [3.63, 3.8) is 0 Å². The van der Waals surface area contributed by atoms with Crippen LogP contribution in [0.5, 0.6) is 0 Å². The van der Waals surface area contributed by atoms with Gasteiger partial charge in [-0.15, -0.1) is 0 Å². The lowest BCUT2D eigenvalue weighted by molar-refractivity contribution is -0.146. The van der Waals surface area contributed by atoms with E-state index in [1.807, 2.05) is 24.3 Å². The first-order valence-corrected chi connectivity index (χ1v) is 8.56. The summed E-state index contributed by atoms with van der Waals surface area (Å²) in [5.41, 5.74) is 0.917. The molecule has 25 heavy (non-hydrogen) atoms. The van der Waals surface area contributed by atoms with E-state index in [2.05, 4.69) is 19.2 Å². The molecule has 1 aromatic carbocycles. The highest BCUT2D eigenvalue weighted by Crippen LogP contribution is 2.27. The predicted molar refractivity (Wildman–Crippen MR) is 95.4 cm³/mol. The Kier molecular flexibility index (Phi) is 5.50. The Morgan fingerprint density at radius 3 is 2.40 bits per heavy atom. The highest BCUT2D eigenvalue weighted by molar-refractivity contribution is 6.09. The molecule has 1 aromatic rings. The van der Waals surface area contributed by atoms with Gasteiger partial charge in [0.2, 0.25) is 11.8 Å². The van der Waals surface area contributed by atoms with Crippen molar-refractivity contribution < 1.29 is 19.5 Å². The molecule has 1 saturated heterocycles. The normalized spacial score (nSPS) is 17.9. The van der Waals surface area contributed by atoms with Crippen LogP contribution >= 0.6 is 0 Å². The van der Waals surface area contributed by atoms with Gasteiger partial charge in [0.15, 0.2) is 0 Å². The first-order chi connectivity index (χ1) is 11.6. The molecule has 2 rings (SSSR count). The van der Waals surface area contributed by atoms with E-state index in [9.17, 15) is 14.4 Å². The zero-order chi connectivity index (χ0) is 18.8. The maximum atomic E-state index is 12.6. The second-order valence-corrected chi connectivity index (χ2v) is 7.48. The second-order valence-electron chi connectivity index (χ2n) is 7.48. The first-order valence-electron chi connectivity index (χ1n) is 8.56. The molecule has 6 nitrogen and oxygen atoms in total. The highest BCUT2D eigenvalue weighted by Gasteiger charge is 2.38. The molecule has 6 heteroatoms. The van der Waals surface area contributed by atoms with Crippen LogP contribution in [-0.4, -0.2) is 36.0 Å². The van der Waals surface area contributed by atoms with Gasteiger partial charge in [-0.1, -0.05) is 26.0 Å². The van der Waals surface area contributed by atoms with Gasteiger partial charge in [0.05, 0.1) is 5.41 Å². The van der Waals surface area contributed by atoms with Gasteiger partial charge < -0.3 is 15.3 Å². The average Bonchev–Trinajstić information content (AvgIpc) is 2.94. The lowest BCUT2D eigenvalue weighted by atomic mass is 9.93. The monoisotopic (exact) mass is 346 g/mol. The molecule has 1 aliphatic heterocycles. The minimum absolute atomic E-state index is 0.00592. The number of nitrogens with one attached hydrogen (secondary N) is 1. The van der Waals surface area contributed by atoms with Crippen molar-refractivity contribution in [2.45, 2.75) is 40.0 Å². The van der Waals surface area contributed by atoms with Gasteiger partial charge in [0.1, 0.15) is 5.92 Å². The lowest BCUT2D eigenvalue weighted by Gasteiger charge is -2.21. The van der Waals surface area contributed by atoms with Crippen molar-refractivity contribution in [1.82, 2.24) is 5.32 Å². The third-order valence-corrected chi connectivity index (χ3v) is 4.68. The fourth-order valence-electron chi connectivity index (χ4n) is 2.73. The smallest absolute Gasteiger partial charge is 0.310 e. The molecule has 0 bridgehead atoms. The number of carbonyl (C=O) groups is 3. The summed E-state index contributed by atoms with van der Waals surface area (Å²) in [7, 11) is 0. The van der Waals surface area contributed by atoms with E-state index in [0.29, 0.717) is 18.9 Å². The number of carboxylic acid groups (broad SMARTS) is 1. The molecule has 1 fully saturated rings. The molecule has 2 amide bonds. The topological polar surface area (TPSA) is 86.7 Å². The fourth-order valence-corrected chi connectivity index (χ4v) is 2.73. The summed E-state index contributed by atoms with van der Waals surface area (Å²) in [6.07, 6.45) is 0.435. The Hall–Kier alpha value is -2.37. The van der Waals surface area contributed by atoms with E-state index in [1.54, 1.807) is 4.90 Å². The van der Waals surface area contributed by atoms with Gasteiger partial charge in [-0.05, 0) is 43.9 Å². The van der Waals surface area contributed by atoms with E-state index in [-0.39, 0.29) is 12.5 Å². The van der Waals surface area contributed by atoms with Crippen molar-refractivity contribution >= 4 is 23.5 Å². The molecule has 0 saturated carbocycles. The summed E-state index contributed by atoms with van der Waals surface area (Å²) < 4.78 is 0. The van der Waals surface area contributed by atoms with Crippen molar-refractivity contribution in [3.8, 4) is 0 Å². The van der Waals surface area contributed by atoms with Gasteiger partial charge in [-0.3, -0.25) is 14.4 Å². The van der Waals surface area contributed by atoms with E-state index < -0.39 is 23.2 Å². The van der Waals surface area contributed by atoms with E-state index in [0.717, 1.165) is 5.69 Å². The second kappa shape index (κ2) is 7.25. The number of carboxylic acids is 1. The third kappa shape index (κ3) is 4.18. The van der Waals surface area contributed by atoms with Crippen LogP contribution in [0.15, 0.2) is 24.3 Å². The maximum Gasteiger partial charge on any atom is 0.310 e. The molecular formula is C19H26N2O4. The Morgan fingerprint density at radius 1 is 1.28 bits per heavy atom. The zero-order valence-corrected chi connectivity index (χ0v) is 15.2. The van der Waals surface area contributed by atoms with Crippen LogP contribution in [0.25, 0.3) is 0 Å². The van der Waals surface area contributed by atoms with E-state index >= 15 is 0 Å². The van der Waals surface area contributed by atoms with Gasteiger partial charge in [0, 0.05) is 18.8 Å². The maximum absolute atomic E-state index is 12.6. The number of carbonyl (C=O) groups excluding carboxylic acids is 2. The molecule has 0 aromatic heterocycles. The number of hydrogen-bond acceptors (Lipinski definition) is 3. The number of amides is 2. The summed E-state index contributed by atoms with van der Waals surface area (Å²) in [5.74, 6) is -1.96. The third-order valence-electron chi connectivity index (χ3n) is 4.68. The Morgan fingerprint density at radius 2 is 1.88 bits per heavy atom. The Labute approximate surface area is 148 Å². The molecule has 2 N–H and O–H groups in total. The largest absolute Gasteiger partial charge is 0.481 e. The van der Waals surface area contributed by atoms with Crippen LogP contribution in [-0.2, 0) is 14.4 Å². The van der Waals surface area contributed by atoms with Crippen molar-refractivity contribution in [2.75, 3.05) is 18.0 Å².